The molecule has 20 heteroatoms. The maximum atomic E-state index is 16.5. The Labute approximate surface area is 691 Å². The van der Waals surface area contributed by atoms with Crippen molar-refractivity contribution in [3.63, 3.8) is 0 Å². The number of methoxy groups -OCH3 is 2. The summed E-state index contributed by atoms with van der Waals surface area (Å²) in [5.41, 5.74) is 2.40. The molecule has 2 aliphatic rings. The number of ether oxygens (including phenoxy) is 14. The predicted octanol–water partition coefficient (Wildman–Crippen LogP) is 17.4. The van der Waals surface area contributed by atoms with Gasteiger partial charge in [-0.3, -0.25) is 0 Å². The number of hydrogen-bond donors (Lipinski definition) is 0. The molecular weight excluding hydrogens is 1520 g/mol. The molecule has 0 N–H and O–H groups in total. The molecule has 13 atom stereocenters. The van der Waals surface area contributed by atoms with Gasteiger partial charge in [0.25, 0.3) is 13.9 Å². The summed E-state index contributed by atoms with van der Waals surface area (Å²) in [5.74, 6) is -1.18. The van der Waals surface area contributed by atoms with Gasteiger partial charge in [-0.05, 0) is 72.1 Å². The van der Waals surface area contributed by atoms with Crippen LogP contribution in [0.5, 0.6) is 5.75 Å². The van der Waals surface area contributed by atoms with E-state index in [2.05, 4.69) is 20.8 Å². The Hall–Kier alpha value is -9.82. The summed E-state index contributed by atoms with van der Waals surface area (Å²) in [4.78, 5) is 15.6. The summed E-state index contributed by atoms with van der Waals surface area (Å²) in [7, 11) is -1.23. The Balaban J connectivity index is 1.01. The van der Waals surface area contributed by atoms with E-state index in [0.29, 0.717) is 11.3 Å². The first-order chi connectivity index (χ1) is 57.6. The van der Waals surface area contributed by atoms with Gasteiger partial charge < -0.3 is 70.7 Å². The van der Waals surface area contributed by atoms with Crippen LogP contribution in [-0.4, -0.2) is 128 Å². The molecule has 118 heavy (non-hydrogen) atoms. The van der Waals surface area contributed by atoms with Gasteiger partial charge in [-0.2, -0.15) is 13.2 Å². The third kappa shape index (κ3) is 22.0. The van der Waals surface area contributed by atoms with Gasteiger partial charge in [-0.25, -0.2) is 4.79 Å². The summed E-state index contributed by atoms with van der Waals surface area (Å²) in [6.45, 7) is 5.31. The number of esters is 1. The zero-order valence-electron chi connectivity index (χ0n) is 67.0. The first kappa shape index (κ1) is 86.0. The van der Waals surface area contributed by atoms with E-state index in [0.717, 1.165) is 56.4 Å². The molecule has 0 spiro atoms. The lowest BCUT2D eigenvalue weighted by molar-refractivity contribution is -0.366. The van der Waals surface area contributed by atoms with Crippen molar-refractivity contribution in [2.75, 3.05) is 34.0 Å². The van der Waals surface area contributed by atoms with Crippen LogP contribution in [0.25, 0.3) is 0 Å². The SMILES string of the molecule is COc1ccc(CO[C@H]2[C@H](OCC(CO[Si](c3ccccc3)(c3ccccc3)C(C)(C)C)OC(=O)[C@@](OC)(c3ccccc3)C(F)(F)F)[C@@H](OCc3ccccc3)[C@H](OCc3ccccc3)[C@@H](OCc3ccccc3)[C@H]2O[C@H]2O[C@H](COCc3ccccc3)[C@@H](OCc3ccccc3)[C@H](OCc3ccccc3)[C@@H]2OCc2ccccc2)cc1. The van der Waals surface area contributed by atoms with Crippen LogP contribution in [0.2, 0.25) is 5.04 Å². The molecule has 1 aliphatic carbocycles. The van der Waals surface area contributed by atoms with Gasteiger partial charge >= 0.3 is 12.1 Å². The van der Waals surface area contributed by atoms with Crippen molar-refractivity contribution < 1.29 is 88.7 Å². The standard InChI is InChI=1S/C98H103F3O16Si/c1-96(2,3)118(82-52-32-14-33-53-82,83-54-34-15-35-55-83)114-69-81(115-95(102)97(104-5,98(99,100)101)79-50-30-13-31-51-79)68-113-89-87(108-63-74-42-22-9-23-43-74)88(109-64-75-44-24-10-25-45-75)90(110-65-76-46-26-11-27-47-76)92(91(89)111-67-78-56-58-80(103-4)59-57-78)117-94-93(112-66-77-48-28-12-29-49-77)86(107-62-73-40-20-8-21-41-73)85(106-61-72-38-18-7-19-39-72)84(116-94)70-105-60-71-36-16-6-17-37-71/h6-59,81,84-94H,60-70H2,1-5H3/t81?,84-,85-,86+,87+,88+,89-,90-,91+,92-,93+,94-,97+/m1/s1. The van der Waals surface area contributed by atoms with Gasteiger partial charge in [0.15, 0.2) is 6.29 Å². The van der Waals surface area contributed by atoms with E-state index in [-0.39, 0.29) is 59.5 Å². The lowest BCUT2D eigenvalue weighted by atomic mass is 9.83. The van der Waals surface area contributed by atoms with E-state index in [1.807, 2.05) is 297 Å². The molecule has 0 amide bonds. The van der Waals surface area contributed by atoms with Crippen LogP contribution < -0.4 is 15.1 Å². The quantitative estimate of drug-likeness (QED) is 0.0264. The zero-order chi connectivity index (χ0) is 82.0. The van der Waals surface area contributed by atoms with E-state index in [1.54, 1.807) is 13.2 Å². The van der Waals surface area contributed by atoms with E-state index < -0.39 is 123 Å². The number of carbonyl (C=O) groups is 1. The molecule has 1 saturated heterocycles. The Kier molecular flexibility index (Phi) is 30.8. The van der Waals surface area contributed by atoms with Crippen molar-refractivity contribution in [2.24, 2.45) is 0 Å². The Morgan fingerprint density at radius 2 is 0.678 bits per heavy atom. The summed E-state index contributed by atoms with van der Waals surface area (Å²) >= 11 is 0. The van der Waals surface area contributed by atoms with Crippen molar-refractivity contribution in [3.05, 3.63) is 378 Å². The van der Waals surface area contributed by atoms with Gasteiger partial charge in [-0.1, -0.05) is 336 Å². The minimum atomic E-state index is -5.39. The number of halogens is 3. The van der Waals surface area contributed by atoms with Gasteiger partial charge in [0.2, 0.25) is 0 Å². The average Bonchev–Trinajstić information content (AvgIpc) is 0.751. The molecule has 16 nitrogen and oxygen atoms in total. The van der Waals surface area contributed by atoms with Crippen molar-refractivity contribution in [3.8, 4) is 5.75 Å². The first-order valence-corrected chi connectivity index (χ1v) is 41.9. The molecule has 0 aromatic heterocycles. The lowest BCUT2D eigenvalue weighted by Gasteiger charge is -2.52. The summed E-state index contributed by atoms with van der Waals surface area (Å²) in [6, 6.07) is 102. The van der Waals surface area contributed by atoms with Crippen LogP contribution in [0.3, 0.4) is 0 Å². The third-order valence-corrected chi connectivity index (χ3v) is 26.4. The number of alkyl halides is 3. The molecule has 616 valence electrons. The molecule has 1 heterocycles. The van der Waals surface area contributed by atoms with Crippen molar-refractivity contribution in [1.29, 1.82) is 0 Å². The first-order valence-electron chi connectivity index (χ1n) is 40.0. The Morgan fingerprint density at radius 3 is 1.03 bits per heavy atom. The fourth-order valence-corrected chi connectivity index (χ4v) is 20.0. The van der Waals surface area contributed by atoms with Gasteiger partial charge in [-0.15, -0.1) is 0 Å². The molecule has 13 rings (SSSR count). The molecular formula is C98H103F3O16Si. The molecule has 0 bridgehead atoms. The Bertz CT molecular complexity index is 4670. The number of benzene rings is 11. The molecule has 1 unspecified atom stereocenters. The van der Waals surface area contributed by atoms with Crippen molar-refractivity contribution >= 4 is 24.7 Å². The number of rotatable bonds is 40. The van der Waals surface area contributed by atoms with Crippen molar-refractivity contribution in [2.45, 2.75) is 164 Å². The van der Waals surface area contributed by atoms with Crippen molar-refractivity contribution in [1.82, 2.24) is 0 Å². The number of carbonyl (C=O) groups excluding carboxylic acids is 1. The van der Waals surface area contributed by atoms with Crippen LogP contribution in [0.4, 0.5) is 13.2 Å². The highest BCUT2D eigenvalue weighted by molar-refractivity contribution is 6.99. The second-order valence-electron chi connectivity index (χ2n) is 30.4. The smallest absolute Gasteiger partial charge is 0.432 e. The van der Waals surface area contributed by atoms with E-state index >= 15 is 18.0 Å². The monoisotopic (exact) mass is 1620 g/mol. The number of hydrogen-bond acceptors (Lipinski definition) is 16. The van der Waals surface area contributed by atoms with E-state index in [1.165, 1.54) is 24.3 Å². The maximum absolute atomic E-state index is 16.5. The molecule has 2 fully saturated rings. The Morgan fingerprint density at radius 1 is 0.364 bits per heavy atom. The zero-order valence-corrected chi connectivity index (χ0v) is 68.0. The molecule has 1 saturated carbocycles. The molecule has 11 aromatic carbocycles. The largest absolute Gasteiger partial charge is 0.497 e. The highest BCUT2D eigenvalue weighted by Crippen LogP contribution is 2.45. The second-order valence-corrected chi connectivity index (χ2v) is 34.7. The third-order valence-electron chi connectivity index (χ3n) is 21.4. The summed E-state index contributed by atoms with van der Waals surface area (Å²) < 4.78 is 157. The van der Waals surface area contributed by atoms with Gasteiger partial charge in [0.1, 0.15) is 72.9 Å². The summed E-state index contributed by atoms with van der Waals surface area (Å²) in [6.07, 6.45) is -20.4. The highest BCUT2D eigenvalue weighted by atomic mass is 28.4. The molecule has 0 radical (unpaired) electrons. The van der Waals surface area contributed by atoms with Crippen LogP contribution in [0.1, 0.15) is 70.8 Å². The van der Waals surface area contributed by atoms with E-state index in [4.69, 9.17) is 70.7 Å². The molecule has 1 aliphatic heterocycles. The second kappa shape index (κ2) is 42.2. The average molecular weight is 1620 g/mol. The van der Waals surface area contributed by atoms with E-state index in [9.17, 15) is 0 Å². The van der Waals surface area contributed by atoms with Crippen LogP contribution in [0.15, 0.2) is 328 Å². The summed E-state index contributed by atoms with van der Waals surface area (Å²) in [5, 5.41) is 1.01. The minimum Gasteiger partial charge on any atom is -0.497 e. The van der Waals surface area contributed by atoms with Crippen LogP contribution in [-0.2, 0) is 129 Å². The van der Waals surface area contributed by atoms with Crippen LogP contribution in [0, 0.1) is 0 Å². The van der Waals surface area contributed by atoms with Gasteiger partial charge in [0.05, 0.1) is 79.8 Å². The minimum absolute atomic E-state index is 0.00814. The molecule has 11 aromatic rings. The topological polar surface area (TPSA) is 156 Å². The fraction of sp³-hybridized carbons (Fsp3) is 0.316. The van der Waals surface area contributed by atoms with Gasteiger partial charge in [0, 0.05) is 12.7 Å². The lowest BCUT2D eigenvalue weighted by Crippen LogP contribution is -2.70. The predicted molar refractivity (Wildman–Crippen MR) is 446 cm³/mol. The van der Waals surface area contributed by atoms with Crippen LogP contribution >= 0.6 is 0 Å². The highest BCUT2D eigenvalue weighted by Gasteiger charge is 2.65. The normalized spacial score (nSPS) is 21.1. The maximum Gasteiger partial charge on any atom is 0.432 e. The fourth-order valence-electron chi connectivity index (χ4n) is 15.4.